The highest BCUT2D eigenvalue weighted by Gasteiger charge is 2.34. The van der Waals surface area contributed by atoms with Gasteiger partial charge in [-0.3, -0.25) is 4.79 Å². The predicted molar refractivity (Wildman–Crippen MR) is 104 cm³/mol. The van der Waals surface area contributed by atoms with Crippen LogP contribution in [0, 0.1) is 12.7 Å². The Morgan fingerprint density at radius 2 is 2.07 bits per heavy atom. The van der Waals surface area contributed by atoms with Gasteiger partial charge in [0.1, 0.15) is 12.4 Å². The van der Waals surface area contributed by atoms with Crippen LogP contribution >= 0.6 is 0 Å². The maximum absolute atomic E-state index is 14.2. The number of nitrogens with zero attached hydrogens (tertiary/aromatic N) is 2. The summed E-state index contributed by atoms with van der Waals surface area (Å²) in [5, 5.41) is 11.1. The first-order valence-electron chi connectivity index (χ1n) is 9.64. The molecule has 1 atom stereocenters. The van der Waals surface area contributed by atoms with Crippen molar-refractivity contribution in [3.8, 4) is 11.4 Å². The first-order chi connectivity index (χ1) is 13.9. The van der Waals surface area contributed by atoms with E-state index in [1.165, 1.54) is 6.07 Å². The highest BCUT2D eigenvalue weighted by atomic mass is 19.1. The Balaban J connectivity index is 1.83. The van der Waals surface area contributed by atoms with Gasteiger partial charge in [-0.1, -0.05) is 13.3 Å². The third-order valence-corrected chi connectivity index (χ3v) is 5.85. The summed E-state index contributed by atoms with van der Waals surface area (Å²) >= 11 is 0. The van der Waals surface area contributed by atoms with Crippen LogP contribution in [0.4, 0.5) is 4.39 Å². The number of rotatable bonds is 2. The molecular weight excluding hydrogens is 375 g/mol. The Morgan fingerprint density at radius 1 is 1.28 bits per heavy atom. The second-order valence-electron chi connectivity index (χ2n) is 7.65. The second-order valence-corrected chi connectivity index (χ2v) is 7.65. The van der Waals surface area contributed by atoms with Crippen molar-refractivity contribution in [2.24, 2.45) is 0 Å². The molecular formula is C22H19FN2O4. The zero-order valence-electron chi connectivity index (χ0n) is 16.1. The standard InChI is InChI=1S/C22H19FN2O4/c1-3-4-11-12-5-10(2)16(23)7-17(12)24-19-14(11)8-25-18(19)6-13-15(21(25)27)9-29-22(28)20(13)26/h5-7,20,26H,3-4,8-9H2,1-2H3/t20-/m0/s1. The number of fused-ring (bicyclic) bond motifs is 5. The van der Waals surface area contributed by atoms with E-state index in [-0.39, 0.29) is 29.1 Å². The highest BCUT2D eigenvalue weighted by Crippen LogP contribution is 2.38. The van der Waals surface area contributed by atoms with Gasteiger partial charge < -0.3 is 14.4 Å². The fourth-order valence-electron chi connectivity index (χ4n) is 4.37. The van der Waals surface area contributed by atoms with E-state index < -0.39 is 12.1 Å². The molecule has 29 heavy (non-hydrogen) atoms. The average molecular weight is 394 g/mol. The number of ether oxygens (including phenoxy) is 1. The molecule has 1 aromatic carbocycles. The first-order valence-corrected chi connectivity index (χ1v) is 9.64. The Morgan fingerprint density at radius 3 is 2.83 bits per heavy atom. The van der Waals surface area contributed by atoms with Gasteiger partial charge in [0.15, 0.2) is 6.10 Å². The molecule has 5 rings (SSSR count). The maximum atomic E-state index is 14.2. The normalized spacial score (nSPS) is 17.1. The van der Waals surface area contributed by atoms with E-state index in [0.29, 0.717) is 29.0 Å². The number of esters is 1. The number of carbonyl (C=O) groups excluding carboxylic acids is 1. The van der Waals surface area contributed by atoms with Crippen LogP contribution in [0.2, 0.25) is 0 Å². The third kappa shape index (κ3) is 2.47. The van der Waals surface area contributed by atoms with Crippen molar-refractivity contribution in [3.63, 3.8) is 0 Å². The van der Waals surface area contributed by atoms with Gasteiger partial charge >= 0.3 is 5.97 Å². The molecule has 3 aromatic rings. The van der Waals surface area contributed by atoms with Crippen molar-refractivity contribution in [2.45, 2.75) is 45.9 Å². The quantitative estimate of drug-likeness (QED) is 0.529. The summed E-state index contributed by atoms with van der Waals surface area (Å²) in [4.78, 5) is 29.5. The Kier molecular flexibility index (Phi) is 3.86. The zero-order chi connectivity index (χ0) is 20.4. The molecule has 0 amide bonds. The van der Waals surface area contributed by atoms with Crippen molar-refractivity contribution < 1.29 is 19.0 Å². The predicted octanol–water partition coefficient (Wildman–Crippen LogP) is 2.92. The molecule has 0 aliphatic carbocycles. The van der Waals surface area contributed by atoms with E-state index in [4.69, 9.17) is 4.74 Å². The van der Waals surface area contributed by atoms with Gasteiger partial charge in [0.05, 0.1) is 29.0 Å². The van der Waals surface area contributed by atoms with Gasteiger partial charge in [-0.25, -0.2) is 14.2 Å². The van der Waals surface area contributed by atoms with Crippen LogP contribution in [0.3, 0.4) is 0 Å². The maximum Gasteiger partial charge on any atom is 0.340 e. The van der Waals surface area contributed by atoms with Crippen LogP contribution in [0.5, 0.6) is 0 Å². The van der Waals surface area contributed by atoms with Crippen LogP contribution < -0.4 is 5.56 Å². The molecule has 0 saturated heterocycles. The summed E-state index contributed by atoms with van der Waals surface area (Å²) in [5.41, 5.74) is 4.49. The molecule has 0 radical (unpaired) electrons. The Hall–Kier alpha value is -3.06. The number of hydrogen-bond donors (Lipinski definition) is 1. The number of aromatic nitrogens is 2. The van der Waals surface area contributed by atoms with Crippen molar-refractivity contribution in [1.82, 2.24) is 9.55 Å². The Labute approximate surface area is 165 Å². The molecule has 2 aromatic heterocycles. The third-order valence-electron chi connectivity index (χ3n) is 5.85. The number of benzene rings is 1. The van der Waals surface area contributed by atoms with E-state index in [9.17, 15) is 19.1 Å². The number of pyridine rings is 2. The van der Waals surface area contributed by atoms with Crippen LogP contribution in [0.15, 0.2) is 23.0 Å². The number of aryl methyl sites for hydroxylation is 2. The molecule has 6 nitrogen and oxygen atoms in total. The molecule has 2 aliphatic rings. The molecule has 4 heterocycles. The molecule has 0 spiro atoms. The van der Waals surface area contributed by atoms with Crippen molar-refractivity contribution >= 4 is 16.9 Å². The van der Waals surface area contributed by atoms with Crippen LogP contribution in [0.25, 0.3) is 22.3 Å². The van der Waals surface area contributed by atoms with Crippen molar-refractivity contribution in [1.29, 1.82) is 0 Å². The van der Waals surface area contributed by atoms with Gasteiger partial charge in [-0.15, -0.1) is 0 Å². The van der Waals surface area contributed by atoms with E-state index in [2.05, 4.69) is 11.9 Å². The van der Waals surface area contributed by atoms with E-state index >= 15 is 0 Å². The van der Waals surface area contributed by atoms with Crippen LogP contribution in [0.1, 0.15) is 47.3 Å². The number of cyclic esters (lactones) is 1. The summed E-state index contributed by atoms with van der Waals surface area (Å²) in [6.07, 6.45) is 0.182. The summed E-state index contributed by atoms with van der Waals surface area (Å²) in [7, 11) is 0. The molecule has 0 fully saturated rings. The lowest BCUT2D eigenvalue weighted by molar-refractivity contribution is -0.157. The lowest BCUT2D eigenvalue weighted by atomic mass is 9.95. The minimum absolute atomic E-state index is 0.150. The number of hydrogen-bond acceptors (Lipinski definition) is 5. The summed E-state index contributed by atoms with van der Waals surface area (Å²) in [6, 6.07) is 4.89. The van der Waals surface area contributed by atoms with Gasteiger partial charge in [0, 0.05) is 22.6 Å². The van der Waals surface area contributed by atoms with Gasteiger partial charge in [0.25, 0.3) is 5.56 Å². The van der Waals surface area contributed by atoms with Crippen LogP contribution in [-0.2, 0) is 29.1 Å². The van der Waals surface area contributed by atoms with Crippen LogP contribution in [-0.4, -0.2) is 20.6 Å². The minimum Gasteiger partial charge on any atom is -0.458 e. The smallest absolute Gasteiger partial charge is 0.340 e. The average Bonchev–Trinajstić information content (AvgIpc) is 3.05. The number of carbonyl (C=O) groups is 1. The van der Waals surface area contributed by atoms with Gasteiger partial charge in [-0.05, 0) is 36.6 Å². The molecule has 2 aliphatic heterocycles. The molecule has 0 bridgehead atoms. The van der Waals surface area contributed by atoms with E-state index in [1.54, 1.807) is 17.6 Å². The molecule has 148 valence electrons. The summed E-state index contributed by atoms with van der Waals surface area (Å²) < 4.78 is 20.7. The van der Waals surface area contributed by atoms with E-state index in [1.807, 2.05) is 6.07 Å². The second kappa shape index (κ2) is 6.22. The largest absolute Gasteiger partial charge is 0.458 e. The molecule has 1 N–H and O–H groups in total. The van der Waals surface area contributed by atoms with Crippen molar-refractivity contribution in [3.05, 3.63) is 62.2 Å². The molecule has 0 saturated carbocycles. The minimum atomic E-state index is -1.49. The fourth-order valence-corrected chi connectivity index (χ4v) is 4.37. The monoisotopic (exact) mass is 394 g/mol. The molecule has 7 heteroatoms. The van der Waals surface area contributed by atoms with Crippen molar-refractivity contribution in [2.75, 3.05) is 0 Å². The Bertz CT molecular complexity index is 1280. The first kappa shape index (κ1) is 18.0. The van der Waals surface area contributed by atoms with E-state index in [0.717, 1.165) is 29.4 Å². The lowest BCUT2D eigenvalue weighted by Crippen LogP contribution is -2.32. The summed E-state index contributed by atoms with van der Waals surface area (Å²) in [6.45, 7) is 4.00. The highest BCUT2D eigenvalue weighted by molar-refractivity contribution is 5.89. The van der Waals surface area contributed by atoms with Gasteiger partial charge in [0.2, 0.25) is 0 Å². The number of halogens is 1. The zero-order valence-corrected chi connectivity index (χ0v) is 16.1. The summed E-state index contributed by atoms with van der Waals surface area (Å²) in [5.74, 6) is -1.10. The lowest BCUT2D eigenvalue weighted by Gasteiger charge is -2.21. The number of aliphatic hydroxyl groups excluding tert-OH is 1. The fraction of sp³-hybridized carbons (Fsp3) is 0.318. The SMILES string of the molecule is CCCc1c2c(nc3cc(F)c(C)cc13)-c1cc3c(c(=O)n1C2)COC(=O)[C@H]3O. The van der Waals surface area contributed by atoms with Gasteiger partial charge in [-0.2, -0.15) is 0 Å². The topological polar surface area (TPSA) is 81.4 Å². The number of aliphatic hydroxyl groups is 1. The molecule has 0 unspecified atom stereocenters.